The fourth-order valence-corrected chi connectivity index (χ4v) is 3.91. The third kappa shape index (κ3) is 8.13. The van der Waals surface area contributed by atoms with Gasteiger partial charge in [0.25, 0.3) is 11.8 Å². The Labute approximate surface area is 200 Å². The van der Waals surface area contributed by atoms with E-state index in [0.717, 1.165) is 29.6 Å². The molecule has 33 heavy (non-hydrogen) atoms. The third-order valence-corrected chi connectivity index (χ3v) is 5.88. The van der Waals surface area contributed by atoms with Gasteiger partial charge in [-0.05, 0) is 54.6 Å². The summed E-state index contributed by atoms with van der Waals surface area (Å²) in [5.41, 5.74) is 6.93. The minimum atomic E-state index is -0.429. The zero-order valence-corrected chi connectivity index (χ0v) is 20.0. The minimum absolute atomic E-state index is 0.343. The van der Waals surface area contributed by atoms with Crippen LogP contribution in [-0.4, -0.2) is 34.8 Å². The number of amides is 2. The average molecular weight is 469 g/mol. The zero-order valence-electron chi connectivity index (χ0n) is 19.2. The molecular weight excluding hydrogens is 436 g/mol. The van der Waals surface area contributed by atoms with Crippen LogP contribution >= 0.6 is 11.6 Å². The van der Waals surface area contributed by atoms with Crippen LogP contribution in [0.1, 0.15) is 62.4 Å². The number of hydrogen-bond acceptors (Lipinski definition) is 3. The van der Waals surface area contributed by atoms with E-state index in [1.54, 1.807) is 30.3 Å². The predicted molar refractivity (Wildman–Crippen MR) is 135 cm³/mol. The van der Waals surface area contributed by atoms with Crippen LogP contribution in [0.15, 0.2) is 60.3 Å². The Morgan fingerprint density at radius 2 is 1.88 bits per heavy atom. The van der Waals surface area contributed by atoms with Crippen LogP contribution in [0.4, 0.5) is 0 Å². The smallest absolute Gasteiger partial charge is 0.286 e. The van der Waals surface area contributed by atoms with Crippen molar-refractivity contribution >= 4 is 34.3 Å². The Balaban J connectivity index is 1.35. The van der Waals surface area contributed by atoms with Gasteiger partial charge in [0.05, 0.1) is 0 Å². The predicted octanol–water partition coefficient (Wildman–Crippen LogP) is 5.64. The van der Waals surface area contributed by atoms with Crippen LogP contribution in [0, 0.1) is 0 Å². The molecule has 0 aliphatic carbocycles. The van der Waals surface area contributed by atoms with Gasteiger partial charge in [0, 0.05) is 35.1 Å². The highest BCUT2D eigenvalue weighted by Gasteiger charge is 2.10. The van der Waals surface area contributed by atoms with Gasteiger partial charge in [-0.3, -0.25) is 20.4 Å². The van der Waals surface area contributed by atoms with E-state index in [1.807, 2.05) is 6.08 Å². The first-order valence-electron chi connectivity index (χ1n) is 11.7. The molecule has 3 N–H and O–H groups in total. The molecule has 0 unspecified atom stereocenters. The number of hydrazine groups is 1. The van der Waals surface area contributed by atoms with Crippen LogP contribution in [-0.2, 0) is 4.79 Å². The van der Waals surface area contributed by atoms with Crippen LogP contribution in [0.5, 0.6) is 0 Å². The summed E-state index contributed by atoms with van der Waals surface area (Å²) in [4.78, 5) is 29.6. The number of allylic oxidation sites excluding steroid dienone is 3. The number of carbonyl (C=O) groups excluding carboxylic acids is 2. The summed E-state index contributed by atoms with van der Waals surface area (Å²) < 4.78 is 0. The second-order valence-corrected chi connectivity index (χ2v) is 8.76. The molecule has 3 rings (SSSR count). The molecule has 1 aromatic heterocycles. The Morgan fingerprint density at radius 3 is 2.64 bits per heavy atom. The molecule has 0 saturated heterocycles. The fraction of sp³-hybridized carbons (Fsp3) is 0.385. The molecule has 2 amide bonds. The Kier molecular flexibility index (Phi) is 9.63. The normalized spacial score (nSPS) is 13.5. The molecule has 0 radical (unpaired) electrons. The molecule has 0 saturated carbocycles. The standard InChI is InChI=1S/C26H33ClN4O2/c1-2-3-4-5-6-7-8-15-31-16-13-20(14-17-31)9-12-25(32)29-30-26(33)24-19-21-18-22(27)10-11-23(21)28-24/h9-14,16,18-19,28H,2-8,15,17H2,1H3,(H,29,32)(H,30,33)/b12-9+. The average Bonchev–Trinajstić information content (AvgIpc) is 3.24. The SMILES string of the molecule is CCCCCCCCCN1C=CC(/C=C/C(=O)NNC(=O)c2cc3cc(Cl)ccc3[nH]2)=CC1. The van der Waals surface area contributed by atoms with E-state index in [4.69, 9.17) is 11.6 Å². The Hall–Kier alpha value is -2.99. The number of nitrogens with one attached hydrogen (secondary N) is 3. The first-order valence-corrected chi connectivity index (χ1v) is 12.1. The second-order valence-electron chi connectivity index (χ2n) is 8.33. The molecule has 1 aliphatic heterocycles. The van der Waals surface area contributed by atoms with Gasteiger partial charge in [0.15, 0.2) is 0 Å². The summed E-state index contributed by atoms with van der Waals surface area (Å²) in [7, 11) is 0. The molecule has 0 fully saturated rings. The number of nitrogens with zero attached hydrogens (tertiary/aromatic N) is 1. The number of unbranched alkanes of at least 4 members (excludes halogenated alkanes) is 6. The van der Waals surface area contributed by atoms with Gasteiger partial charge >= 0.3 is 0 Å². The molecule has 176 valence electrons. The van der Waals surface area contributed by atoms with Crippen LogP contribution in [0.25, 0.3) is 10.9 Å². The number of rotatable bonds is 11. The van der Waals surface area contributed by atoms with Gasteiger partial charge in [0.1, 0.15) is 5.69 Å². The fourth-order valence-electron chi connectivity index (χ4n) is 3.73. The lowest BCUT2D eigenvalue weighted by atomic mass is 10.1. The molecular formula is C26H33ClN4O2. The molecule has 0 spiro atoms. The van der Waals surface area contributed by atoms with Crippen molar-refractivity contribution in [1.82, 2.24) is 20.7 Å². The molecule has 0 bridgehead atoms. The van der Waals surface area contributed by atoms with Crippen molar-refractivity contribution in [2.24, 2.45) is 0 Å². The van der Waals surface area contributed by atoms with Crippen molar-refractivity contribution in [3.05, 3.63) is 71.1 Å². The number of fused-ring (bicyclic) bond motifs is 1. The van der Waals surface area contributed by atoms with Crippen molar-refractivity contribution in [1.29, 1.82) is 0 Å². The summed E-state index contributed by atoms with van der Waals surface area (Å²) >= 11 is 5.97. The second kappa shape index (κ2) is 12.9. The lowest BCUT2D eigenvalue weighted by Gasteiger charge is -2.21. The van der Waals surface area contributed by atoms with Gasteiger partial charge in [-0.25, -0.2) is 0 Å². The van der Waals surface area contributed by atoms with Gasteiger partial charge in [-0.2, -0.15) is 0 Å². The third-order valence-electron chi connectivity index (χ3n) is 5.64. The Bertz CT molecular complexity index is 1040. The summed E-state index contributed by atoms with van der Waals surface area (Å²) in [6, 6.07) is 7.01. The maximum Gasteiger partial charge on any atom is 0.286 e. The largest absolute Gasteiger partial charge is 0.374 e. The number of halogens is 1. The Morgan fingerprint density at radius 1 is 1.09 bits per heavy atom. The number of aromatic nitrogens is 1. The van der Waals surface area contributed by atoms with Crippen molar-refractivity contribution < 1.29 is 9.59 Å². The van der Waals surface area contributed by atoms with Crippen LogP contribution in [0.2, 0.25) is 5.02 Å². The molecule has 1 aromatic carbocycles. The van der Waals surface area contributed by atoms with Crippen molar-refractivity contribution in [3.8, 4) is 0 Å². The van der Waals surface area contributed by atoms with E-state index in [9.17, 15) is 9.59 Å². The summed E-state index contributed by atoms with van der Waals surface area (Å²) in [6.45, 7) is 4.15. The van der Waals surface area contributed by atoms with Crippen molar-refractivity contribution in [2.45, 2.75) is 51.9 Å². The van der Waals surface area contributed by atoms with E-state index in [1.165, 1.54) is 51.0 Å². The van der Waals surface area contributed by atoms with E-state index >= 15 is 0 Å². The molecule has 7 heteroatoms. The highest BCUT2D eigenvalue weighted by molar-refractivity contribution is 6.31. The quantitative estimate of drug-likeness (QED) is 0.227. The lowest BCUT2D eigenvalue weighted by Crippen LogP contribution is -2.40. The molecule has 0 atom stereocenters. The van der Waals surface area contributed by atoms with E-state index in [2.05, 4.69) is 39.9 Å². The number of H-pyrrole nitrogens is 1. The van der Waals surface area contributed by atoms with Crippen molar-refractivity contribution in [2.75, 3.05) is 13.1 Å². The molecule has 2 aromatic rings. The van der Waals surface area contributed by atoms with Crippen LogP contribution in [0.3, 0.4) is 0 Å². The summed E-state index contributed by atoms with van der Waals surface area (Å²) in [6.07, 6.45) is 18.5. The summed E-state index contributed by atoms with van der Waals surface area (Å²) in [5.74, 6) is -0.829. The van der Waals surface area contributed by atoms with E-state index in [0.29, 0.717) is 10.7 Å². The molecule has 1 aliphatic rings. The van der Waals surface area contributed by atoms with E-state index in [-0.39, 0.29) is 0 Å². The maximum atomic E-state index is 12.3. The first kappa shape index (κ1) is 24.6. The van der Waals surface area contributed by atoms with Gasteiger partial charge in [-0.1, -0.05) is 63.1 Å². The number of benzene rings is 1. The van der Waals surface area contributed by atoms with Crippen LogP contribution < -0.4 is 10.9 Å². The van der Waals surface area contributed by atoms with Gasteiger partial charge in [0.2, 0.25) is 0 Å². The highest BCUT2D eigenvalue weighted by atomic mass is 35.5. The highest BCUT2D eigenvalue weighted by Crippen LogP contribution is 2.20. The minimum Gasteiger partial charge on any atom is -0.374 e. The number of hydrogen-bond donors (Lipinski definition) is 3. The van der Waals surface area contributed by atoms with Gasteiger partial charge in [-0.15, -0.1) is 0 Å². The molecule has 2 heterocycles. The van der Waals surface area contributed by atoms with E-state index < -0.39 is 11.8 Å². The summed E-state index contributed by atoms with van der Waals surface area (Å²) in [5, 5.41) is 1.43. The number of carbonyl (C=O) groups is 2. The topological polar surface area (TPSA) is 77.2 Å². The number of aromatic amines is 1. The zero-order chi connectivity index (χ0) is 23.5. The maximum absolute atomic E-state index is 12.3. The molecule has 6 nitrogen and oxygen atoms in total. The lowest BCUT2D eigenvalue weighted by molar-refractivity contribution is -0.117. The van der Waals surface area contributed by atoms with Crippen molar-refractivity contribution in [3.63, 3.8) is 0 Å². The first-order chi connectivity index (χ1) is 16.0. The monoisotopic (exact) mass is 468 g/mol. The van der Waals surface area contributed by atoms with Gasteiger partial charge < -0.3 is 9.88 Å².